The van der Waals surface area contributed by atoms with Gasteiger partial charge in [0, 0.05) is 19.1 Å². The Balaban J connectivity index is 2.02. The van der Waals surface area contributed by atoms with Crippen molar-refractivity contribution in [3.8, 4) is 0 Å². The maximum Gasteiger partial charge on any atom is 0.137 e. The molecule has 0 saturated carbocycles. The Morgan fingerprint density at radius 3 is 3.20 bits per heavy atom. The summed E-state index contributed by atoms with van der Waals surface area (Å²) in [5.74, 6) is 0.411. The highest BCUT2D eigenvalue weighted by Crippen LogP contribution is 2.16. The first-order valence-electron chi connectivity index (χ1n) is 3.88. The highest BCUT2D eigenvalue weighted by molar-refractivity contribution is 4.71. The van der Waals surface area contributed by atoms with Crippen molar-refractivity contribution in [3.05, 3.63) is 6.61 Å². The van der Waals surface area contributed by atoms with Gasteiger partial charge in [-0.25, -0.2) is 0 Å². The van der Waals surface area contributed by atoms with Gasteiger partial charge in [0.15, 0.2) is 0 Å². The second-order valence-corrected chi connectivity index (χ2v) is 2.46. The van der Waals surface area contributed by atoms with Crippen LogP contribution in [0.1, 0.15) is 19.8 Å². The van der Waals surface area contributed by atoms with E-state index in [-0.39, 0.29) is 0 Å². The van der Waals surface area contributed by atoms with Crippen LogP contribution in [0.25, 0.3) is 0 Å². The highest BCUT2D eigenvalue weighted by Gasteiger charge is 2.14. The topological polar surface area (TPSA) is 18.5 Å². The molecule has 1 aliphatic heterocycles. The van der Waals surface area contributed by atoms with E-state index in [0.29, 0.717) is 5.92 Å². The summed E-state index contributed by atoms with van der Waals surface area (Å²) in [4.78, 5) is 0. The minimum atomic E-state index is 0.411. The fraction of sp³-hybridized carbons (Fsp3) is 0.875. The fourth-order valence-corrected chi connectivity index (χ4v) is 1.02. The molecule has 0 aromatic rings. The van der Waals surface area contributed by atoms with Crippen molar-refractivity contribution >= 4 is 0 Å². The second-order valence-electron chi connectivity index (χ2n) is 2.46. The number of hydrogen-bond acceptors (Lipinski definition) is 2. The quantitative estimate of drug-likeness (QED) is 0.594. The van der Waals surface area contributed by atoms with Gasteiger partial charge in [-0.2, -0.15) is 0 Å². The van der Waals surface area contributed by atoms with Crippen molar-refractivity contribution in [1.82, 2.24) is 0 Å². The fourth-order valence-electron chi connectivity index (χ4n) is 1.02. The van der Waals surface area contributed by atoms with Crippen LogP contribution in [-0.2, 0) is 9.47 Å². The van der Waals surface area contributed by atoms with E-state index in [4.69, 9.17) is 9.47 Å². The summed E-state index contributed by atoms with van der Waals surface area (Å²) in [5, 5.41) is 0. The van der Waals surface area contributed by atoms with E-state index in [1.54, 1.807) is 0 Å². The molecule has 2 nitrogen and oxygen atoms in total. The van der Waals surface area contributed by atoms with Gasteiger partial charge in [0.25, 0.3) is 0 Å². The molecule has 0 spiro atoms. The number of hydrogen-bond donors (Lipinski definition) is 0. The number of ether oxygens (including phenoxy) is 2. The van der Waals surface area contributed by atoms with Crippen LogP contribution < -0.4 is 0 Å². The summed E-state index contributed by atoms with van der Waals surface area (Å²) >= 11 is 0. The Hall–Kier alpha value is -0.0800. The van der Waals surface area contributed by atoms with Gasteiger partial charge in [0.2, 0.25) is 0 Å². The third-order valence-electron chi connectivity index (χ3n) is 1.57. The maximum absolute atomic E-state index is 5.23. The minimum Gasteiger partial charge on any atom is -0.381 e. The van der Waals surface area contributed by atoms with Crippen LogP contribution in [-0.4, -0.2) is 19.8 Å². The molecular formula is C8H14O2. The minimum absolute atomic E-state index is 0.411. The Morgan fingerprint density at radius 1 is 1.70 bits per heavy atom. The van der Waals surface area contributed by atoms with Gasteiger partial charge in [0.1, 0.15) is 6.61 Å². The second kappa shape index (κ2) is 4.69. The highest BCUT2D eigenvalue weighted by atomic mass is 16.5. The zero-order valence-electron chi connectivity index (χ0n) is 6.43. The molecule has 1 aliphatic rings. The molecule has 2 heteroatoms. The Morgan fingerprint density at radius 2 is 2.60 bits per heavy atom. The van der Waals surface area contributed by atoms with E-state index in [9.17, 15) is 0 Å². The van der Waals surface area contributed by atoms with E-state index in [1.807, 2.05) is 6.92 Å². The molecule has 0 amide bonds. The predicted molar refractivity (Wildman–Crippen MR) is 38.4 cm³/mol. The molecule has 10 heavy (non-hydrogen) atoms. The van der Waals surface area contributed by atoms with Crippen LogP contribution in [0.5, 0.6) is 0 Å². The summed E-state index contributed by atoms with van der Waals surface area (Å²) < 4.78 is 10.3. The third kappa shape index (κ3) is 2.67. The lowest BCUT2D eigenvalue weighted by Crippen LogP contribution is -2.17. The van der Waals surface area contributed by atoms with Crippen LogP contribution in [0.4, 0.5) is 0 Å². The Kier molecular flexibility index (Phi) is 3.76. The lowest BCUT2D eigenvalue weighted by molar-refractivity contribution is 0.0504. The molecule has 0 N–H and O–H groups in total. The van der Waals surface area contributed by atoms with Crippen LogP contribution in [0, 0.1) is 12.5 Å². The average molecular weight is 142 g/mol. The van der Waals surface area contributed by atoms with E-state index in [0.717, 1.165) is 26.2 Å². The van der Waals surface area contributed by atoms with E-state index >= 15 is 0 Å². The van der Waals surface area contributed by atoms with Crippen molar-refractivity contribution in [2.75, 3.05) is 19.8 Å². The summed E-state index contributed by atoms with van der Waals surface area (Å²) in [6, 6.07) is 0. The normalized spacial score (nSPS) is 26.7. The summed E-state index contributed by atoms with van der Waals surface area (Å²) in [5.41, 5.74) is 0. The number of rotatable bonds is 3. The smallest absolute Gasteiger partial charge is 0.137 e. The van der Waals surface area contributed by atoms with Gasteiger partial charge >= 0.3 is 0 Å². The van der Waals surface area contributed by atoms with E-state index in [1.165, 1.54) is 6.42 Å². The van der Waals surface area contributed by atoms with Crippen LogP contribution in [0.2, 0.25) is 0 Å². The predicted octanol–water partition coefficient (Wildman–Crippen LogP) is 1.49. The van der Waals surface area contributed by atoms with E-state index in [2.05, 4.69) is 6.61 Å². The SMILES string of the molecule is CCOCC1[C]OCCC1. The molecule has 1 fully saturated rings. The van der Waals surface area contributed by atoms with Crippen molar-refractivity contribution in [3.63, 3.8) is 0 Å². The first-order valence-corrected chi connectivity index (χ1v) is 3.88. The molecule has 0 aromatic carbocycles. The molecule has 1 unspecified atom stereocenters. The van der Waals surface area contributed by atoms with Crippen LogP contribution in [0.3, 0.4) is 0 Å². The van der Waals surface area contributed by atoms with E-state index < -0.39 is 0 Å². The molecule has 0 aromatic heterocycles. The molecule has 1 saturated heterocycles. The van der Waals surface area contributed by atoms with Gasteiger partial charge < -0.3 is 9.47 Å². The molecule has 1 rings (SSSR count). The van der Waals surface area contributed by atoms with Crippen LogP contribution >= 0.6 is 0 Å². The Labute approximate surface area is 62.5 Å². The van der Waals surface area contributed by atoms with Crippen molar-refractivity contribution < 1.29 is 9.47 Å². The van der Waals surface area contributed by atoms with Crippen molar-refractivity contribution in [1.29, 1.82) is 0 Å². The maximum atomic E-state index is 5.23. The monoisotopic (exact) mass is 142 g/mol. The molecular weight excluding hydrogens is 128 g/mol. The zero-order chi connectivity index (χ0) is 7.23. The van der Waals surface area contributed by atoms with Gasteiger partial charge in [0.05, 0.1) is 6.61 Å². The zero-order valence-corrected chi connectivity index (χ0v) is 6.43. The van der Waals surface area contributed by atoms with Gasteiger partial charge in [-0.05, 0) is 19.8 Å². The molecule has 0 bridgehead atoms. The van der Waals surface area contributed by atoms with Gasteiger partial charge in [-0.3, -0.25) is 0 Å². The molecule has 1 atom stereocenters. The van der Waals surface area contributed by atoms with Gasteiger partial charge in [-0.15, -0.1) is 0 Å². The Bertz CT molecular complexity index is 77.3. The molecule has 0 aliphatic carbocycles. The van der Waals surface area contributed by atoms with Crippen LogP contribution in [0.15, 0.2) is 0 Å². The van der Waals surface area contributed by atoms with Gasteiger partial charge in [-0.1, -0.05) is 0 Å². The van der Waals surface area contributed by atoms with Crippen molar-refractivity contribution in [2.45, 2.75) is 19.8 Å². The summed E-state index contributed by atoms with van der Waals surface area (Å²) in [6.07, 6.45) is 2.31. The summed E-state index contributed by atoms with van der Waals surface area (Å²) in [7, 11) is 0. The first kappa shape index (κ1) is 8.02. The summed E-state index contributed by atoms with van der Waals surface area (Å²) in [6.45, 7) is 7.33. The third-order valence-corrected chi connectivity index (χ3v) is 1.57. The average Bonchev–Trinajstić information content (AvgIpc) is 2.03. The molecule has 2 radical (unpaired) electrons. The lowest BCUT2D eigenvalue weighted by Gasteiger charge is -2.19. The molecule has 1 heterocycles. The lowest BCUT2D eigenvalue weighted by atomic mass is 10.0. The van der Waals surface area contributed by atoms with Crippen molar-refractivity contribution in [2.24, 2.45) is 5.92 Å². The largest absolute Gasteiger partial charge is 0.381 e. The standard InChI is InChI=1S/C8H14O2/c1-2-9-6-8-4-3-5-10-7-8/h8H,2-6H2,1H3. The first-order chi connectivity index (χ1) is 4.93. The molecule has 58 valence electrons.